The first kappa shape index (κ1) is 12.5. The summed E-state index contributed by atoms with van der Waals surface area (Å²) >= 11 is 0. The predicted molar refractivity (Wildman–Crippen MR) is 80.3 cm³/mol. The normalized spacial score (nSPS) is 19.0. The van der Waals surface area contributed by atoms with Crippen molar-refractivity contribution in [3.63, 3.8) is 0 Å². The summed E-state index contributed by atoms with van der Waals surface area (Å²) in [6.07, 6.45) is 2.54. The Kier molecular flexibility index (Phi) is 3.19. The lowest BCUT2D eigenvalue weighted by molar-refractivity contribution is 0.601. The average Bonchev–Trinajstić information content (AvgIpc) is 3.02. The van der Waals surface area contributed by atoms with Crippen molar-refractivity contribution in [2.45, 2.75) is 32.7 Å². The Hall–Kier alpha value is -1.54. The Balaban J connectivity index is 1.99. The first-order valence-corrected chi connectivity index (χ1v) is 7.13. The second-order valence-electron chi connectivity index (χ2n) is 5.65. The molecule has 0 amide bonds. The minimum Gasteiger partial charge on any atom is -0.346 e. The summed E-state index contributed by atoms with van der Waals surface area (Å²) in [5.41, 5.74) is 6.75. The highest BCUT2D eigenvalue weighted by Crippen LogP contribution is 2.29. The number of nitrogens with one attached hydrogen (secondary N) is 1. The molecule has 100 valence electrons. The van der Waals surface area contributed by atoms with E-state index in [9.17, 15) is 0 Å². The summed E-state index contributed by atoms with van der Waals surface area (Å²) in [5.74, 6) is 0. The molecule has 19 heavy (non-hydrogen) atoms. The maximum Gasteiger partial charge on any atom is 0.0480 e. The van der Waals surface area contributed by atoms with Gasteiger partial charge in [-0.1, -0.05) is 12.1 Å². The highest BCUT2D eigenvalue weighted by atomic mass is 15.0. The minimum absolute atomic E-state index is 0.533. The fraction of sp³-hybridized carbons (Fsp3) is 0.412. The van der Waals surface area contributed by atoms with Crippen molar-refractivity contribution >= 4 is 0 Å². The summed E-state index contributed by atoms with van der Waals surface area (Å²) in [6, 6.07) is 11.8. The molecule has 1 aromatic carbocycles. The molecule has 1 aromatic heterocycles. The summed E-state index contributed by atoms with van der Waals surface area (Å²) < 4.78 is 2.34. The van der Waals surface area contributed by atoms with Crippen LogP contribution in [0.15, 0.2) is 30.3 Å². The second kappa shape index (κ2) is 4.86. The standard InChI is InChI=1S/C17H22N2/c1-12-6-7-14(11-13(12)2)16-8-9-17(19(16)3)15-5-4-10-18-15/h6-9,11,15,18H,4-5,10H2,1-3H3. The zero-order valence-corrected chi connectivity index (χ0v) is 12.0. The van der Waals surface area contributed by atoms with Crippen molar-refractivity contribution < 1.29 is 0 Å². The number of aryl methyl sites for hydroxylation is 2. The van der Waals surface area contributed by atoms with Crippen molar-refractivity contribution in [3.8, 4) is 11.3 Å². The summed E-state index contributed by atoms with van der Waals surface area (Å²) in [4.78, 5) is 0. The van der Waals surface area contributed by atoms with Gasteiger partial charge >= 0.3 is 0 Å². The molecular formula is C17H22N2. The third-order valence-electron chi connectivity index (χ3n) is 4.38. The second-order valence-corrected chi connectivity index (χ2v) is 5.65. The van der Waals surface area contributed by atoms with Crippen LogP contribution in [0.2, 0.25) is 0 Å². The van der Waals surface area contributed by atoms with E-state index in [1.807, 2.05) is 0 Å². The highest BCUT2D eigenvalue weighted by molar-refractivity contribution is 5.62. The molecular weight excluding hydrogens is 232 g/mol. The molecule has 2 aromatic rings. The van der Waals surface area contributed by atoms with Crippen LogP contribution in [-0.4, -0.2) is 11.1 Å². The van der Waals surface area contributed by atoms with Gasteiger partial charge in [-0.3, -0.25) is 0 Å². The third-order valence-corrected chi connectivity index (χ3v) is 4.38. The van der Waals surface area contributed by atoms with Crippen LogP contribution in [-0.2, 0) is 7.05 Å². The SMILES string of the molecule is Cc1ccc(-c2ccc(C3CCCN3)n2C)cc1C. The molecule has 1 aliphatic rings. The van der Waals surface area contributed by atoms with E-state index in [-0.39, 0.29) is 0 Å². The molecule has 0 spiro atoms. The number of aromatic nitrogens is 1. The molecule has 0 saturated carbocycles. The Bertz CT molecular complexity index is 589. The van der Waals surface area contributed by atoms with Gasteiger partial charge in [-0.05, 0) is 68.1 Å². The van der Waals surface area contributed by atoms with Crippen LogP contribution in [0.5, 0.6) is 0 Å². The Morgan fingerprint density at radius 1 is 1.11 bits per heavy atom. The van der Waals surface area contributed by atoms with E-state index in [1.165, 1.54) is 40.9 Å². The number of nitrogens with zero attached hydrogens (tertiary/aromatic N) is 1. The van der Waals surface area contributed by atoms with E-state index in [1.54, 1.807) is 0 Å². The number of rotatable bonds is 2. The van der Waals surface area contributed by atoms with Gasteiger partial charge in [-0.25, -0.2) is 0 Å². The van der Waals surface area contributed by atoms with Crippen LogP contribution < -0.4 is 5.32 Å². The van der Waals surface area contributed by atoms with Crippen molar-refractivity contribution in [2.75, 3.05) is 6.54 Å². The Labute approximate surface area is 115 Å². The summed E-state index contributed by atoms with van der Waals surface area (Å²) in [6.45, 7) is 5.49. The van der Waals surface area contributed by atoms with Crippen molar-refractivity contribution in [1.29, 1.82) is 0 Å². The molecule has 1 N–H and O–H groups in total. The summed E-state index contributed by atoms with van der Waals surface area (Å²) in [7, 11) is 2.18. The molecule has 1 saturated heterocycles. The highest BCUT2D eigenvalue weighted by Gasteiger charge is 2.20. The fourth-order valence-corrected chi connectivity index (χ4v) is 3.00. The number of hydrogen-bond donors (Lipinski definition) is 1. The van der Waals surface area contributed by atoms with Crippen LogP contribution >= 0.6 is 0 Å². The van der Waals surface area contributed by atoms with Crippen LogP contribution in [0.1, 0.15) is 35.7 Å². The molecule has 1 atom stereocenters. The van der Waals surface area contributed by atoms with Gasteiger partial charge in [0.05, 0.1) is 0 Å². The van der Waals surface area contributed by atoms with Gasteiger partial charge in [-0.2, -0.15) is 0 Å². The predicted octanol–water partition coefficient (Wildman–Crippen LogP) is 3.73. The number of hydrogen-bond acceptors (Lipinski definition) is 1. The van der Waals surface area contributed by atoms with E-state index in [4.69, 9.17) is 0 Å². The minimum atomic E-state index is 0.533. The largest absolute Gasteiger partial charge is 0.346 e. The molecule has 1 unspecified atom stereocenters. The van der Waals surface area contributed by atoms with E-state index in [0.29, 0.717) is 6.04 Å². The van der Waals surface area contributed by atoms with E-state index >= 15 is 0 Å². The van der Waals surface area contributed by atoms with Gasteiger partial charge in [0.1, 0.15) is 0 Å². The van der Waals surface area contributed by atoms with E-state index < -0.39 is 0 Å². The summed E-state index contributed by atoms with van der Waals surface area (Å²) in [5, 5.41) is 3.58. The molecule has 2 heteroatoms. The quantitative estimate of drug-likeness (QED) is 0.864. The van der Waals surface area contributed by atoms with Gasteiger partial charge in [0.15, 0.2) is 0 Å². The molecule has 1 aliphatic heterocycles. The maximum absolute atomic E-state index is 3.58. The van der Waals surface area contributed by atoms with E-state index in [2.05, 4.69) is 61.1 Å². The molecule has 1 fully saturated rings. The van der Waals surface area contributed by atoms with E-state index in [0.717, 1.165) is 6.54 Å². The lowest BCUT2D eigenvalue weighted by Gasteiger charge is -2.14. The zero-order chi connectivity index (χ0) is 13.4. The van der Waals surface area contributed by atoms with Gasteiger partial charge in [-0.15, -0.1) is 0 Å². The van der Waals surface area contributed by atoms with Gasteiger partial charge in [0.25, 0.3) is 0 Å². The fourth-order valence-electron chi connectivity index (χ4n) is 3.00. The lowest BCUT2D eigenvalue weighted by atomic mass is 10.0. The molecule has 0 radical (unpaired) electrons. The molecule has 0 bridgehead atoms. The van der Waals surface area contributed by atoms with Gasteiger partial charge in [0, 0.05) is 24.5 Å². The lowest BCUT2D eigenvalue weighted by Crippen LogP contribution is -2.16. The first-order valence-electron chi connectivity index (χ1n) is 7.13. The molecule has 3 rings (SSSR count). The van der Waals surface area contributed by atoms with Gasteiger partial charge < -0.3 is 9.88 Å². The molecule has 0 aliphatic carbocycles. The van der Waals surface area contributed by atoms with Crippen molar-refractivity contribution in [2.24, 2.45) is 7.05 Å². The van der Waals surface area contributed by atoms with Crippen LogP contribution in [0.4, 0.5) is 0 Å². The first-order chi connectivity index (χ1) is 9.16. The van der Waals surface area contributed by atoms with Crippen LogP contribution in [0.25, 0.3) is 11.3 Å². The Morgan fingerprint density at radius 3 is 2.63 bits per heavy atom. The van der Waals surface area contributed by atoms with Crippen molar-refractivity contribution in [1.82, 2.24) is 9.88 Å². The zero-order valence-electron chi connectivity index (χ0n) is 12.0. The third kappa shape index (κ3) is 2.21. The number of benzene rings is 1. The molecule has 2 nitrogen and oxygen atoms in total. The average molecular weight is 254 g/mol. The maximum atomic E-state index is 3.58. The van der Waals surface area contributed by atoms with Crippen LogP contribution in [0, 0.1) is 13.8 Å². The van der Waals surface area contributed by atoms with Crippen molar-refractivity contribution in [3.05, 3.63) is 47.2 Å². The van der Waals surface area contributed by atoms with Gasteiger partial charge in [0.2, 0.25) is 0 Å². The van der Waals surface area contributed by atoms with Crippen LogP contribution in [0.3, 0.4) is 0 Å². The smallest absolute Gasteiger partial charge is 0.0480 e. The topological polar surface area (TPSA) is 17.0 Å². The Morgan fingerprint density at radius 2 is 1.95 bits per heavy atom. The molecule has 2 heterocycles. The monoisotopic (exact) mass is 254 g/mol.